The Hall–Kier alpha value is -0.650. The Balaban J connectivity index is 2.48. The lowest BCUT2D eigenvalue weighted by Gasteiger charge is -2.10. The van der Waals surface area contributed by atoms with Gasteiger partial charge in [-0.3, -0.25) is 10.1 Å². The van der Waals surface area contributed by atoms with Gasteiger partial charge < -0.3 is 14.9 Å². The van der Waals surface area contributed by atoms with Crippen molar-refractivity contribution in [1.82, 2.24) is 5.32 Å². The number of esters is 1. The average Bonchev–Trinajstić information content (AvgIpc) is 2.45. The minimum absolute atomic E-state index is 0.172. The molecule has 0 saturated carbocycles. The first-order chi connectivity index (χ1) is 5.69. The number of carbonyl (C=O) groups is 1. The molecule has 0 aliphatic carbocycles. The van der Waals surface area contributed by atoms with E-state index in [1.165, 1.54) is 7.11 Å². The fourth-order valence-electron chi connectivity index (χ4n) is 1.32. The second-order valence-electron chi connectivity index (χ2n) is 2.83. The van der Waals surface area contributed by atoms with Crippen LogP contribution in [0.2, 0.25) is 0 Å². The molecule has 1 aliphatic rings. The molecule has 1 rings (SSSR count). The van der Waals surface area contributed by atoms with Crippen molar-refractivity contribution < 1.29 is 19.7 Å². The van der Waals surface area contributed by atoms with Gasteiger partial charge in [0, 0.05) is 6.42 Å². The van der Waals surface area contributed by atoms with Gasteiger partial charge in [-0.05, 0) is 0 Å². The Morgan fingerprint density at radius 2 is 2.42 bits per heavy atom. The van der Waals surface area contributed by atoms with Gasteiger partial charge in [0.05, 0.1) is 25.9 Å². The van der Waals surface area contributed by atoms with E-state index in [0.29, 0.717) is 6.42 Å². The van der Waals surface area contributed by atoms with E-state index < -0.39 is 24.2 Å². The Kier molecular flexibility index (Phi) is 3.02. The van der Waals surface area contributed by atoms with Crippen molar-refractivity contribution in [3.63, 3.8) is 0 Å². The number of carbonyl (C=O) groups excluding carboxylic acids is 1. The lowest BCUT2D eigenvalue weighted by atomic mass is 10.1. The zero-order valence-corrected chi connectivity index (χ0v) is 6.86. The van der Waals surface area contributed by atoms with Crippen molar-refractivity contribution in [2.75, 3.05) is 13.7 Å². The first-order valence-electron chi connectivity index (χ1n) is 3.82. The van der Waals surface area contributed by atoms with Crippen molar-refractivity contribution in [2.45, 2.75) is 24.6 Å². The summed E-state index contributed by atoms with van der Waals surface area (Å²) in [6.45, 7) is -0.172. The minimum Gasteiger partial charge on any atom is -0.468 e. The molecule has 0 aromatic heterocycles. The van der Waals surface area contributed by atoms with Gasteiger partial charge in [0.15, 0.2) is 0 Å². The number of hydrogen-bond donors (Lipinski definition) is 3. The summed E-state index contributed by atoms with van der Waals surface area (Å²) >= 11 is 0. The zero-order chi connectivity index (χ0) is 9.14. The summed E-state index contributed by atoms with van der Waals surface area (Å²) in [6.07, 6.45) is -0.364. The van der Waals surface area contributed by atoms with E-state index in [1.54, 1.807) is 0 Å². The monoisotopic (exact) mass is 175 g/mol. The molecule has 0 radical (unpaired) electrons. The predicted octanol–water partition coefficient (Wildman–Crippen LogP) is -1.76. The van der Waals surface area contributed by atoms with Gasteiger partial charge in [-0.2, -0.15) is 0 Å². The molecule has 0 spiro atoms. The molecule has 3 N–H and O–H groups in total. The van der Waals surface area contributed by atoms with Crippen LogP contribution in [0.1, 0.15) is 6.42 Å². The molecule has 0 unspecified atom stereocenters. The van der Waals surface area contributed by atoms with E-state index in [4.69, 9.17) is 5.11 Å². The number of aliphatic hydroxyl groups excluding tert-OH is 2. The van der Waals surface area contributed by atoms with Crippen LogP contribution in [0, 0.1) is 0 Å². The third kappa shape index (κ3) is 1.74. The van der Waals surface area contributed by atoms with Crippen molar-refractivity contribution in [1.29, 1.82) is 0 Å². The fraction of sp³-hybridized carbons (Fsp3) is 0.857. The summed E-state index contributed by atoms with van der Waals surface area (Å²) < 4.78 is 4.48. The maximum Gasteiger partial charge on any atom is 0.322 e. The Bertz CT molecular complexity index is 173. The number of nitrogens with one attached hydrogen (secondary N) is 1. The summed E-state index contributed by atoms with van der Waals surface area (Å²) in [5, 5.41) is 20.8. The number of methoxy groups -OCH3 is 1. The maximum absolute atomic E-state index is 10.9. The van der Waals surface area contributed by atoms with Crippen LogP contribution in [0.5, 0.6) is 0 Å². The van der Waals surface area contributed by atoms with E-state index in [9.17, 15) is 9.90 Å². The SMILES string of the molecule is COC(=O)[C@H]1C[C@@H](O)[C@H](CO)N1. The fourth-order valence-corrected chi connectivity index (χ4v) is 1.32. The molecular formula is C7H13NO4. The van der Waals surface area contributed by atoms with Crippen LogP contribution in [-0.4, -0.2) is 48.1 Å². The third-order valence-corrected chi connectivity index (χ3v) is 2.04. The number of rotatable bonds is 2. The first-order valence-corrected chi connectivity index (χ1v) is 3.82. The van der Waals surface area contributed by atoms with Crippen LogP contribution in [-0.2, 0) is 9.53 Å². The van der Waals surface area contributed by atoms with Crippen LogP contribution in [0.15, 0.2) is 0 Å². The third-order valence-electron chi connectivity index (χ3n) is 2.04. The Labute approximate surface area is 70.3 Å². The van der Waals surface area contributed by atoms with Gasteiger partial charge in [0.2, 0.25) is 0 Å². The highest BCUT2D eigenvalue weighted by atomic mass is 16.5. The van der Waals surface area contributed by atoms with Gasteiger partial charge in [-0.25, -0.2) is 0 Å². The van der Waals surface area contributed by atoms with Gasteiger partial charge >= 0.3 is 5.97 Å². The standard InChI is InChI=1S/C7H13NO4/c1-12-7(11)4-2-6(10)5(3-9)8-4/h4-6,8-10H,2-3H2,1H3/t4-,5+,6-/m1/s1. The molecule has 70 valence electrons. The molecule has 5 nitrogen and oxygen atoms in total. The summed E-state index contributed by atoms with van der Waals surface area (Å²) in [5.74, 6) is -0.398. The van der Waals surface area contributed by atoms with Crippen LogP contribution < -0.4 is 5.32 Å². The van der Waals surface area contributed by atoms with Gasteiger partial charge in [0.1, 0.15) is 6.04 Å². The smallest absolute Gasteiger partial charge is 0.322 e. The van der Waals surface area contributed by atoms with Crippen molar-refractivity contribution in [3.05, 3.63) is 0 Å². The molecule has 0 amide bonds. The zero-order valence-electron chi connectivity index (χ0n) is 6.86. The molecule has 5 heteroatoms. The molecular weight excluding hydrogens is 162 g/mol. The summed E-state index contributed by atoms with van der Waals surface area (Å²) in [4.78, 5) is 10.9. The summed E-state index contributed by atoms with van der Waals surface area (Å²) in [6, 6.07) is -0.892. The van der Waals surface area contributed by atoms with E-state index in [-0.39, 0.29) is 6.61 Å². The Morgan fingerprint density at radius 3 is 2.83 bits per heavy atom. The highest BCUT2D eigenvalue weighted by Crippen LogP contribution is 2.13. The van der Waals surface area contributed by atoms with Gasteiger partial charge in [-0.1, -0.05) is 0 Å². The van der Waals surface area contributed by atoms with Crippen molar-refractivity contribution >= 4 is 5.97 Å². The number of aliphatic hydroxyl groups is 2. The van der Waals surface area contributed by atoms with E-state index in [2.05, 4.69) is 10.1 Å². The van der Waals surface area contributed by atoms with Crippen LogP contribution in [0.4, 0.5) is 0 Å². The predicted molar refractivity (Wildman–Crippen MR) is 40.4 cm³/mol. The molecule has 1 aliphatic heterocycles. The first kappa shape index (κ1) is 9.44. The lowest BCUT2D eigenvalue weighted by Crippen LogP contribution is -2.39. The highest BCUT2D eigenvalue weighted by molar-refractivity contribution is 5.76. The quantitative estimate of drug-likeness (QED) is 0.433. The molecule has 0 aromatic carbocycles. The topological polar surface area (TPSA) is 78.8 Å². The second kappa shape index (κ2) is 3.84. The normalized spacial score (nSPS) is 35.1. The molecule has 1 fully saturated rings. The number of ether oxygens (including phenoxy) is 1. The van der Waals surface area contributed by atoms with Crippen LogP contribution in [0.3, 0.4) is 0 Å². The van der Waals surface area contributed by atoms with Gasteiger partial charge in [-0.15, -0.1) is 0 Å². The molecule has 12 heavy (non-hydrogen) atoms. The van der Waals surface area contributed by atoms with Crippen molar-refractivity contribution in [3.8, 4) is 0 Å². The van der Waals surface area contributed by atoms with Gasteiger partial charge in [0.25, 0.3) is 0 Å². The molecule has 1 saturated heterocycles. The molecule has 1 heterocycles. The summed E-state index contributed by atoms with van der Waals surface area (Å²) in [7, 11) is 1.29. The molecule has 3 atom stereocenters. The van der Waals surface area contributed by atoms with E-state index >= 15 is 0 Å². The Morgan fingerprint density at radius 1 is 1.75 bits per heavy atom. The molecule has 0 bridgehead atoms. The molecule has 0 aromatic rings. The minimum atomic E-state index is -0.668. The average molecular weight is 175 g/mol. The number of hydrogen-bond acceptors (Lipinski definition) is 5. The largest absolute Gasteiger partial charge is 0.468 e. The van der Waals surface area contributed by atoms with E-state index in [0.717, 1.165) is 0 Å². The lowest BCUT2D eigenvalue weighted by molar-refractivity contribution is -0.142. The maximum atomic E-state index is 10.9. The van der Waals surface area contributed by atoms with Crippen LogP contribution in [0.25, 0.3) is 0 Å². The highest BCUT2D eigenvalue weighted by Gasteiger charge is 2.36. The van der Waals surface area contributed by atoms with E-state index in [1.807, 2.05) is 0 Å². The van der Waals surface area contributed by atoms with Crippen LogP contribution >= 0.6 is 0 Å². The second-order valence-corrected chi connectivity index (χ2v) is 2.83. The van der Waals surface area contributed by atoms with Crippen molar-refractivity contribution in [2.24, 2.45) is 0 Å². The summed E-state index contributed by atoms with van der Waals surface area (Å²) in [5.41, 5.74) is 0.